The van der Waals surface area contributed by atoms with E-state index in [1.165, 1.54) is 11.1 Å². The maximum Gasteiger partial charge on any atom is 0.255 e. The van der Waals surface area contributed by atoms with Crippen molar-refractivity contribution in [1.29, 1.82) is 0 Å². The first-order valence-corrected chi connectivity index (χ1v) is 8.27. The third kappa shape index (κ3) is 2.85. The monoisotopic (exact) mass is 330 g/mol. The van der Waals surface area contributed by atoms with Crippen LogP contribution in [-0.4, -0.2) is 22.4 Å². The Labute approximate surface area is 146 Å². The van der Waals surface area contributed by atoms with Gasteiger partial charge in [-0.1, -0.05) is 24.3 Å². The van der Waals surface area contributed by atoms with Gasteiger partial charge in [0.05, 0.1) is 11.4 Å². The van der Waals surface area contributed by atoms with Crippen LogP contribution < -0.4 is 10.2 Å². The molecule has 1 amide bonds. The van der Waals surface area contributed by atoms with Crippen molar-refractivity contribution in [3.8, 4) is 0 Å². The average Bonchev–Trinajstić information content (AvgIpc) is 3.12. The quantitative estimate of drug-likeness (QED) is 0.795. The number of nitrogens with zero attached hydrogens (tertiary/aromatic N) is 3. The number of hydrogen-bond donors (Lipinski definition) is 1. The largest absolute Gasteiger partial charge is 0.320 e. The van der Waals surface area contributed by atoms with Crippen molar-refractivity contribution in [2.75, 3.05) is 16.8 Å². The van der Waals surface area contributed by atoms with Crippen molar-refractivity contribution in [1.82, 2.24) is 9.97 Å². The van der Waals surface area contributed by atoms with Crippen LogP contribution >= 0.6 is 0 Å². The van der Waals surface area contributed by atoms with E-state index in [-0.39, 0.29) is 5.91 Å². The molecule has 0 spiro atoms. The van der Waals surface area contributed by atoms with Crippen molar-refractivity contribution >= 4 is 23.2 Å². The van der Waals surface area contributed by atoms with Gasteiger partial charge in [-0.05, 0) is 48.7 Å². The molecule has 0 saturated carbocycles. The van der Waals surface area contributed by atoms with Gasteiger partial charge in [-0.15, -0.1) is 0 Å². The molecule has 1 aliphatic heterocycles. The minimum absolute atomic E-state index is 0.118. The zero-order valence-corrected chi connectivity index (χ0v) is 13.9. The summed E-state index contributed by atoms with van der Waals surface area (Å²) in [6.07, 6.45) is 4.38. The first-order chi connectivity index (χ1) is 12.2. The van der Waals surface area contributed by atoms with Gasteiger partial charge in [0.1, 0.15) is 0 Å². The van der Waals surface area contributed by atoms with E-state index in [0.29, 0.717) is 11.5 Å². The Bertz CT molecular complexity index is 910. The Kier molecular flexibility index (Phi) is 3.90. The zero-order valence-electron chi connectivity index (χ0n) is 13.9. The lowest BCUT2D eigenvalue weighted by Gasteiger charge is -2.21. The predicted octanol–water partition coefficient (Wildman–Crippen LogP) is 3.73. The highest BCUT2D eigenvalue weighted by atomic mass is 16.1. The number of aryl methyl sites for hydroxylation is 1. The van der Waals surface area contributed by atoms with Crippen molar-refractivity contribution in [2.24, 2.45) is 0 Å². The molecule has 25 heavy (non-hydrogen) atoms. The van der Waals surface area contributed by atoms with Crippen LogP contribution in [-0.2, 0) is 6.42 Å². The Morgan fingerprint density at radius 1 is 1.04 bits per heavy atom. The zero-order chi connectivity index (χ0) is 17.2. The van der Waals surface area contributed by atoms with Crippen molar-refractivity contribution < 1.29 is 4.79 Å². The van der Waals surface area contributed by atoms with Gasteiger partial charge in [-0.2, -0.15) is 0 Å². The van der Waals surface area contributed by atoms with E-state index in [1.54, 1.807) is 18.5 Å². The van der Waals surface area contributed by atoms with E-state index < -0.39 is 0 Å². The number of benzene rings is 2. The number of rotatable bonds is 3. The van der Waals surface area contributed by atoms with Crippen LogP contribution in [0.15, 0.2) is 60.9 Å². The summed E-state index contributed by atoms with van der Waals surface area (Å²) in [4.78, 5) is 23.4. The third-order valence-electron chi connectivity index (χ3n) is 4.45. The van der Waals surface area contributed by atoms with E-state index in [9.17, 15) is 4.79 Å². The van der Waals surface area contributed by atoms with Gasteiger partial charge < -0.3 is 10.2 Å². The third-order valence-corrected chi connectivity index (χ3v) is 4.45. The van der Waals surface area contributed by atoms with Gasteiger partial charge in [0, 0.05) is 24.5 Å². The van der Waals surface area contributed by atoms with E-state index >= 15 is 0 Å². The summed E-state index contributed by atoms with van der Waals surface area (Å²) in [6.45, 7) is 2.90. The lowest BCUT2D eigenvalue weighted by atomic mass is 10.0. The molecule has 124 valence electrons. The smallest absolute Gasteiger partial charge is 0.255 e. The molecule has 4 rings (SSSR count). The van der Waals surface area contributed by atoms with Gasteiger partial charge in [0.15, 0.2) is 0 Å². The fourth-order valence-electron chi connectivity index (χ4n) is 3.21. The summed E-state index contributed by atoms with van der Waals surface area (Å²) >= 11 is 0. The molecule has 0 saturated heterocycles. The van der Waals surface area contributed by atoms with Gasteiger partial charge in [0.2, 0.25) is 5.95 Å². The molecule has 5 heteroatoms. The fourth-order valence-corrected chi connectivity index (χ4v) is 3.21. The molecular formula is C20H18N4O. The second-order valence-corrected chi connectivity index (χ2v) is 6.03. The van der Waals surface area contributed by atoms with Crippen molar-refractivity contribution in [3.05, 3.63) is 77.6 Å². The maximum absolute atomic E-state index is 12.6. The second-order valence-electron chi connectivity index (χ2n) is 6.03. The first-order valence-electron chi connectivity index (χ1n) is 8.27. The van der Waals surface area contributed by atoms with Gasteiger partial charge >= 0.3 is 0 Å². The van der Waals surface area contributed by atoms with Crippen LogP contribution in [0.2, 0.25) is 0 Å². The lowest BCUT2D eigenvalue weighted by molar-refractivity contribution is 0.102. The molecule has 1 aromatic heterocycles. The highest BCUT2D eigenvalue weighted by molar-refractivity contribution is 6.06. The molecule has 2 heterocycles. The topological polar surface area (TPSA) is 58.1 Å². The van der Waals surface area contributed by atoms with E-state index in [0.717, 1.165) is 24.3 Å². The molecule has 0 unspecified atom stereocenters. The molecule has 0 aliphatic carbocycles. The first kappa shape index (κ1) is 15.3. The number of hydrogen-bond acceptors (Lipinski definition) is 4. The summed E-state index contributed by atoms with van der Waals surface area (Å²) in [5, 5.41) is 3.05. The van der Waals surface area contributed by atoms with Crippen molar-refractivity contribution in [3.63, 3.8) is 0 Å². The fraction of sp³-hybridized carbons (Fsp3) is 0.150. The molecular weight excluding hydrogens is 312 g/mol. The minimum atomic E-state index is -0.118. The van der Waals surface area contributed by atoms with Crippen LogP contribution in [0.3, 0.4) is 0 Å². The number of fused-ring (bicyclic) bond motifs is 1. The average molecular weight is 330 g/mol. The molecule has 2 aromatic carbocycles. The van der Waals surface area contributed by atoms with Crippen LogP contribution in [0.4, 0.5) is 17.3 Å². The van der Waals surface area contributed by atoms with Gasteiger partial charge in [-0.25, -0.2) is 9.97 Å². The number of carbonyl (C=O) groups is 1. The minimum Gasteiger partial charge on any atom is -0.320 e. The van der Waals surface area contributed by atoms with Crippen LogP contribution in [0.25, 0.3) is 0 Å². The summed E-state index contributed by atoms with van der Waals surface area (Å²) in [6, 6.07) is 15.0. The standard InChI is InChI=1S/C20H18N4O/c1-14-8-9-17(23-19(25)15-6-3-2-4-7-15)18-16(14)10-13-24(18)20-21-11-5-12-22-20/h2-9,11-12H,10,13H2,1H3,(H,23,25). The van der Waals surface area contributed by atoms with Gasteiger partial charge in [0.25, 0.3) is 5.91 Å². The molecule has 1 N–H and O–H groups in total. The Balaban J connectivity index is 1.73. The summed E-state index contributed by atoms with van der Waals surface area (Å²) in [5.41, 5.74) is 4.87. The highest BCUT2D eigenvalue weighted by Crippen LogP contribution is 2.40. The van der Waals surface area contributed by atoms with E-state index in [1.807, 2.05) is 36.4 Å². The van der Waals surface area contributed by atoms with Crippen LogP contribution in [0, 0.1) is 6.92 Å². The van der Waals surface area contributed by atoms with E-state index in [4.69, 9.17) is 0 Å². The number of amides is 1. The SMILES string of the molecule is Cc1ccc(NC(=O)c2ccccc2)c2c1CCN2c1ncccn1. The summed E-state index contributed by atoms with van der Waals surface area (Å²) in [5.74, 6) is 0.537. The Morgan fingerprint density at radius 3 is 2.56 bits per heavy atom. The lowest BCUT2D eigenvalue weighted by Crippen LogP contribution is -2.19. The number of carbonyl (C=O) groups excluding carboxylic acids is 1. The molecule has 0 radical (unpaired) electrons. The number of anilines is 3. The molecule has 3 aromatic rings. The van der Waals surface area contributed by atoms with Crippen LogP contribution in [0.1, 0.15) is 21.5 Å². The summed E-state index contributed by atoms with van der Waals surface area (Å²) < 4.78 is 0. The number of nitrogens with one attached hydrogen (secondary N) is 1. The van der Waals surface area contributed by atoms with Gasteiger partial charge in [-0.3, -0.25) is 4.79 Å². The Morgan fingerprint density at radius 2 is 1.80 bits per heavy atom. The highest BCUT2D eigenvalue weighted by Gasteiger charge is 2.27. The predicted molar refractivity (Wildman–Crippen MR) is 98.3 cm³/mol. The Hall–Kier alpha value is -3.21. The molecule has 5 nitrogen and oxygen atoms in total. The molecule has 1 aliphatic rings. The molecule has 0 bridgehead atoms. The molecule has 0 fully saturated rings. The summed E-state index contributed by atoms with van der Waals surface area (Å²) in [7, 11) is 0. The maximum atomic E-state index is 12.6. The number of aromatic nitrogens is 2. The molecule has 0 atom stereocenters. The normalized spacial score (nSPS) is 12.8. The van der Waals surface area contributed by atoms with Crippen molar-refractivity contribution in [2.45, 2.75) is 13.3 Å². The van der Waals surface area contributed by atoms with E-state index in [2.05, 4.69) is 33.2 Å². The second kappa shape index (κ2) is 6.36. The van der Waals surface area contributed by atoms with Crippen LogP contribution in [0.5, 0.6) is 0 Å².